The summed E-state index contributed by atoms with van der Waals surface area (Å²) in [6.45, 7) is 0. The third kappa shape index (κ3) is 3.46. The van der Waals surface area contributed by atoms with Crippen molar-refractivity contribution in [3.05, 3.63) is 52.5 Å². The van der Waals surface area contributed by atoms with Crippen molar-refractivity contribution in [1.29, 1.82) is 0 Å². The van der Waals surface area contributed by atoms with Crippen LogP contribution in [0.3, 0.4) is 0 Å². The van der Waals surface area contributed by atoms with Crippen LogP contribution in [0.2, 0.25) is 5.02 Å². The predicted octanol–water partition coefficient (Wildman–Crippen LogP) is 3.91. The van der Waals surface area contributed by atoms with Crippen LogP contribution in [-0.4, -0.2) is 19.6 Å². The predicted molar refractivity (Wildman–Crippen MR) is 91.2 cm³/mol. The van der Waals surface area contributed by atoms with Gasteiger partial charge in [-0.2, -0.15) is 13.2 Å². The van der Waals surface area contributed by atoms with Gasteiger partial charge in [0.15, 0.2) is 0 Å². The Balaban J connectivity index is 2.28. The first-order valence-corrected chi connectivity index (χ1v) is 9.62. The third-order valence-electron chi connectivity index (χ3n) is 4.49. The van der Waals surface area contributed by atoms with Gasteiger partial charge >= 0.3 is 6.18 Å². The summed E-state index contributed by atoms with van der Waals surface area (Å²) in [6, 6.07) is 7.40. The molecule has 1 aliphatic carbocycles. The molecular weight excluding hydrogens is 391 g/mol. The monoisotopic (exact) mass is 405 g/mol. The van der Waals surface area contributed by atoms with Crippen LogP contribution in [0.4, 0.5) is 13.2 Å². The fraction of sp³-hybridized carbons (Fsp3) is 0.294. The first kappa shape index (κ1) is 19.2. The highest BCUT2D eigenvalue weighted by Gasteiger charge is 2.37. The largest absolute Gasteiger partial charge is 0.417 e. The average Bonchev–Trinajstić information content (AvgIpc) is 2.50. The Morgan fingerprint density at radius 2 is 1.69 bits per heavy atom. The number of halogens is 4. The van der Waals surface area contributed by atoms with Crippen molar-refractivity contribution in [3.63, 3.8) is 0 Å². The SMILES string of the molecule is NS(=O)(=O)c1ccc(-c2ccccc2C(F)(F)F)c(C2CC(O)C2)c1Cl. The summed E-state index contributed by atoms with van der Waals surface area (Å²) in [4.78, 5) is -0.344. The molecule has 0 amide bonds. The molecule has 0 heterocycles. The van der Waals surface area contributed by atoms with E-state index in [9.17, 15) is 26.7 Å². The molecule has 140 valence electrons. The maximum atomic E-state index is 13.4. The van der Waals surface area contributed by atoms with Crippen molar-refractivity contribution in [2.75, 3.05) is 0 Å². The lowest BCUT2D eigenvalue weighted by Gasteiger charge is -2.34. The summed E-state index contributed by atoms with van der Waals surface area (Å²) >= 11 is 6.25. The van der Waals surface area contributed by atoms with Gasteiger partial charge in [-0.3, -0.25) is 0 Å². The number of hydrogen-bond donors (Lipinski definition) is 2. The summed E-state index contributed by atoms with van der Waals surface area (Å²) < 4.78 is 63.7. The van der Waals surface area contributed by atoms with Gasteiger partial charge in [-0.15, -0.1) is 0 Å². The van der Waals surface area contributed by atoms with Crippen molar-refractivity contribution in [2.45, 2.75) is 35.9 Å². The van der Waals surface area contributed by atoms with Crippen LogP contribution in [0.15, 0.2) is 41.3 Å². The number of rotatable bonds is 3. The minimum atomic E-state index is -4.59. The molecule has 0 aromatic heterocycles. The number of benzene rings is 2. The van der Waals surface area contributed by atoms with Crippen LogP contribution in [0.5, 0.6) is 0 Å². The van der Waals surface area contributed by atoms with Gasteiger partial charge in [-0.25, -0.2) is 13.6 Å². The Bertz CT molecular complexity index is 954. The second-order valence-corrected chi connectivity index (χ2v) is 8.16. The van der Waals surface area contributed by atoms with E-state index in [1.165, 1.54) is 24.3 Å². The molecule has 2 aromatic carbocycles. The first-order chi connectivity index (χ1) is 12.0. The highest BCUT2D eigenvalue weighted by molar-refractivity contribution is 7.89. The second-order valence-electron chi connectivity index (χ2n) is 6.25. The van der Waals surface area contributed by atoms with E-state index in [0.29, 0.717) is 0 Å². The van der Waals surface area contributed by atoms with Gasteiger partial charge in [0.1, 0.15) is 4.90 Å². The van der Waals surface area contributed by atoms with Gasteiger partial charge in [0.2, 0.25) is 10.0 Å². The summed E-state index contributed by atoms with van der Waals surface area (Å²) in [5.41, 5.74) is -0.493. The maximum absolute atomic E-state index is 13.4. The molecule has 0 spiro atoms. The minimum Gasteiger partial charge on any atom is -0.393 e. The van der Waals surface area contributed by atoms with Crippen molar-refractivity contribution in [2.24, 2.45) is 5.14 Å². The molecule has 0 aliphatic heterocycles. The molecule has 9 heteroatoms. The molecule has 0 atom stereocenters. The molecule has 1 aliphatic rings. The highest BCUT2D eigenvalue weighted by atomic mass is 35.5. The van der Waals surface area contributed by atoms with Gasteiger partial charge in [0.25, 0.3) is 0 Å². The molecule has 26 heavy (non-hydrogen) atoms. The normalized spacial score (nSPS) is 20.7. The Labute approximate surface area is 153 Å². The third-order valence-corrected chi connectivity index (χ3v) is 5.97. The van der Waals surface area contributed by atoms with Crippen LogP contribution in [0, 0.1) is 0 Å². The van der Waals surface area contributed by atoms with E-state index in [1.807, 2.05) is 0 Å². The topological polar surface area (TPSA) is 80.4 Å². The van der Waals surface area contributed by atoms with E-state index < -0.39 is 27.9 Å². The Morgan fingerprint density at radius 1 is 1.08 bits per heavy atom. The molecule has 1 fully saturated rings. The molecule has 2 aromatic rings. The highest BCUT2D eigenvalue weighted by Crippen LogP contribution is 2.48. The number of alkyl halides is 3. The van der Waals surface area contributed by atoms with E-state index in [2.05, 4.69) is 0 Å². The molecular formula is C17H15ClF3NO3S. The number of hydrogen-bond acceptors (Lipinski definition) is 3. The summed E-state index contributed by atoms with van der Waals surface area (Å²) in [6.07, 6.45) is -4.61. The van der Waals surface area contributed by atoms with E-state index in [-0.39, 0.29) is 45.4 Å². The maximum Gasteiger partial charge on any atom is 0.417 e. The van der Waals surface area contributed by atoms with Gasteiger partial charge < -0.3 is 5.11 Å². The lowest BCUT2D eigenvalue weighted by molar-refractivity contribution is -0.137. The van der Waals surface area contributed by atoms with Crippen LogP contribution in [-0.2, 0) is 16.2 Å². The fourth-order valence-corrected chi connectivity index (χ4v) is 4.47. The van der Waals surface area contributed by atoms with Crippen LogP contribution in [0.25, 0.3) is 11.1 Å². The number of aliphatic hydroxyl groups excluding tert-OH is 1. The molecule has 1 saturated carbocycles. The Kier molecular flexibility index (Phi) is 4.81. The number of aliphatic hydroxyl groups is 1. The second kappa shape index (κ2) is 6.53. The minimum absolute atomic E-state index is 0.0979. The van der Waals surface area contributed by atoms with E-state index in [1.54, 1.807) is 0 Å². The Morgan fingerprint density at radius 3 is 2.23 bits per heavy atom. The first-order valence-electron chi connectivity index (χ1n) is 7.70. The van der Waals surface area contributed by atoms with Gasteiger partial charge in [0, 0.05) is 0 Å². The molecule has 0 bridgehead atoms. The number of primary sulfonamides is 1. The molecule has 4 nitrogen and oxygen atoms in total. The number of nitrogens with two attached hydrogens (primary N) is 1. The van der Waals surface area contributed by atoms with E-state index >= 15 is 0 Å². The lowest BCUT2D eigenvalue weighted by Crippen LogP contribution is -2.28. The Hall–Kier alpha value is -1.61. The van der Waals surface area contributed by atoms with Crippen LogP contribution in [0.1, 0.15) is 29.9 Å². The van der Waals surface area contributed by atoms with E-state index in [4.69, 9.17) is 16.7 Å². The average molecular weight is 406 g/mol. The van der Waals surface area contributed by atoms with E-state index in [0.717, 1.165) is 12.1 Å². The number of sulfonamides is 1. The van der Waals surface area contributed by atoms with Gasteiger partial charge in [-0.05, 0) is 47.6 Å². The van der Waals surface area contributed by atoms with Gasteiger partial charge in [0.05, 0.1) is 16.7 Å². The standard InChI is InChI=1S/C17H15ClF3NO3S/c18-16-14(26(22,24)25)6-5-12(15(16)9-7-10(23)8-9)11-3-1-2-4-13(11)17(19,20)21/h1-6,9-10,23H,7-8H2,(H2,22,24,25). The molecule has 0 unspecified atom stereocenters. The summed E-state index contributed by atoms with van der Waals surface area (Å²) in [7, 11) is -4.14. The van der Waals surface area contributed by atoms with Crippen molar-refractivity contribution >= 4 is 21.6 Å². The summed E-state index contributed by atoms with van der Waals surface area (Å²) in [5, 5.41) is 14.5. The van der Waals surface area contributed by atoms with Crippen LogP contribution >= 0.6 is 11.6 Å². The lowest BCUT2D eigenvalue weighted by atomic mass is 9.74. The zero-order valence-electron chi connectivity index (χ0n) is 13.3. The molecule has 3 rings (SSSR count). The summed E-state index contributed by atoms with van der Waals surface area (Å²) in [5.74, 6) is -0.351. The molecule has 3 N–H and O–H groups in total. The quantitative estimate of drug-likeness (QED) is 0.812. The molecule has 0 radical (unpaired) electrons. The van der Waals surface area contributed by atoms with Gasteiger partial charge in [-0.1, -0.05) is 35.9 Å². The van der Waals surface area contributed by atoms with Crippen molar-refractivity contribution < 1.29 is 26.7 Å². The smallest absolute Gasteiger partial charge is 0.393 e. The van der Waals surface area contributed by atoms with Crippen molar-refractivity contribution in [3.8, 4) is 11.1 Å². The fourth-order valence-electron chi connectivity index (χ4n) is 3.22. The zero-order chi connectivity index (χ0) is 19.3. The van der Waals surface area contributed by atoms with Crippen LogP contribution < -0.4 is 5.14 Å². The molecule has 0 saturated heterocycles. The zero-order valence-corrected chi connectivity index (χ0v) is 14.9. The van der Waals surface area contributed by atoms with Crippen molar-refractivity contribution in [1.82, 2.24) is 0 Å².